The van der Waals surface area contributed by atoms with E-state index in [1.807, 2.05) is 76.2 Å². The lowest BCUT2D eigenvalue weighted by Crippen LogP contribution is -2.41. The molecule has 0 saturated carbocycles. The number of halogens is 2. The van der Waals surface area contributed by atoms with Gasteiger partial charge in [-0.25, -0.2) is 9.59 Å². The second-order valence-electron chi connectivity index (χ2n) is 14.2. The van der Waals surface area contributed by atoms with Crippen LogP contribution in [0.2, 0.25) is 0 Å². The van der Waals surface area contributed by atoms with Crippen molar-refractivity contribution in [1.82, 2.24) is 9.97 Å². The Bertz CT molecular complexity index is 2120. The van der Waals surface area contributed by atoms with Gasteiger partial charge in [-0.15, -0.1) is 11.6 Å². The van der Waals surface area contributed by atoms with Crippen LogP contribution in [0.1, 0.15) is 90.6 Å². The minimum atomic E-state index is -0.957. The normalized spacial score (nSPS) is 14.0. The van der Waals surface area contributed by atoms with Crippen molar-refractivity contribution < 1.29 is 43.1 Å². The first-order chi connectivity index (χ1) is 26.2. The van der Waals surface area contributed by atoms with E-state index in [1.54, 1.807) is 52.1 Å². The molecule has 4 heterocycles. The summed E-state index contributed by atoms with van der Waals surface area (Å²) in [4.78, 5) is 41.7. The molecule has 0 atom stereocenters. The number of aromatic nitrogens is 2. The maximum atomic E-state index is 11.4. The number of rotatable bonds is 7. The highest BCUT2D eigenvalue weighted by Crippen LogP contribution is 2.36. The van der Waals surface area contributed by atoms with E-state index in [4.69, 9.17) is 36.2 Å². The van der Waals surface area contributed by atoms with Crippen LogP contribution in [0.5, 0.6) is 0 Å². The molecule has 3 aromatic heterocycles. The molecule has 56 heavy (non-hydrogen) atoms. The minimum Gasteiger partial charge on any atom is -0.481 e. The van der Waals surface area contributed by atoms with Crippen LogP contribution in [0.25, 0.3) is 11.0 Å². The Kier molecular flexibility index (Phi) is 16.0. The van der Waals surface area contributed by atoms with Gasteiger partial charge in [-0.05, 0) is 114 Å². The van der Waals surface area contributed by atoms with Crippen molar-refractivity contribution in [3.63, 3.8) is 0 Å². The summed E-state index contributed by atoms with van der Waals surface area (Å²) in [5.74, 6) is -1.29. The highest BCUT2D eigenvalue weighted by Gasteiger charge is 2.51. The molecule has 12 nitrogen and oxygen atoms in total. The number of furan rings is 1. The molecule has 5 aromatic rings. The number of carbonyl (C=O) groups excluding carboxylic acids is 1. The number of alkyl halides is 1. The van der Waals surface area contributed by atoms with E-state index in [2.05, 4.69) is 30.6 Å². The molecule has 0 radical (unpaired) electrons. The van der Waals surface area contributed by atoms with Crippen molar-refractivity contribution in [2.24, 2.45) is 5.73 Å². The number of aryl methyl sites for hydroxylation is 1. The van der Waals surface area contributed by atoms with Crippen LogP contribution >= 0.6 is 27.5 Å². The molecule has 1 aliphatic rings. The van der Waals surface area contributed by atoms with E-state index < -0.39 is 41.6 Å². The molecule has 15 heteroatoms. The Morgan fingerprint density at radius 3 is 2.09 bits per heavy atom. The fourth-order valence-electron chi connectivity index (χ4n) is 5.02. The summed E-state index contributed by atoms with van der Waals surface area (Å²) in [6, 6.07) is 22.1. The lowest BCUT2D eigenvalue weighted by atomic mass is 9.75. The number of methoxy groups -OCH3 is 1. The number of carboxylic acid groups (broad SMARTS) is 2. The number of nitrogens with two attached hydrogens (primary N) is 1. The van der Waals surface area contributed by atoms with Gasteiger partial charge in [-0.3, -0.25) is 14.8 Å². The molecule has 0 bridgehead atoms. The van der Waals surface area contributed by atoms with Crippen LogP contribution in [-0.2, 0) is 36.7 Å². The molecule has 0 unspecified atom stereocenters. The molecule has 0 aliphatic carbocycles. The molecule has 1 fully saturated rings. The molecule has 1 aliphatic heterocycles. The van der Waals surface area contributed by atoms with Crippen LogP contribution in [0.15, 0.2) is 87.9 Å². The van der Waals surface area contributed by atoms with Gasteiger partial charge in [0.15, 0.2) is 0 Å². The summed E-state index contributed by atoms with van der Waals surface area (Å²) in [6.45, 7) is 15.5. The smallest absolute Gasteiger partial charge is 0.481 e. The van der Waals surface area contributed by atoms with Crippen molar-refractivity contribution in [1.29, 1.82) is 0 Å². The Labute approximate surface area is 341 Å². The van der Waals surface area contributed by atoms with Gasteiger partial charge in [0.25, 0.3) is 0 Å². The lowest BCUT2D eigenvalue weighted by molar-refractivity contribution is -0.142. The lowest BCUT2D eigenvalue weighted by Gasteiger charge is -2.32. The third-order valence-corrected chi connectivity index (χ3v) is 10.2. The first-order valence-electron chi connectivity index (χ1n) is 17.5. The van der Waals surface area contributed by atoms with Gasteiger partial charge in [0, 0.05) is 22.9 Å². The monoisotopic (exact) mass is 851 g/mol. The summed E-state index contributed by atoms with van der Waals surface area (Å²) in [7, 11) is 0.824. The largest absolute Gasteiger partial charge is 0.494 e. The molecule has 6 rings (SSSR count). The summed E-state index contributed by atoms with van der Waals surface area (Å²) in [5, 5.41) is 18.5. The zero-order valence-corrected chi connectivity index (χ0v) is 35.3. The fraction of sp³-hybridized carbons (Fsp3) is 0.341. The molecular weight excluding hydrogens is 805 g/mol. The standard InChI is InChI=1S/C16H23BO4.C11H10N2O2.C7H8BrN.C7H7ClO3/c1-14(2,13(18)19)11-8-7-9-12(10-11)17-20-15(3,4)16(5,6)21-17;1-6-7(2)13-8-4-3-5-12-10(8)9(6)11(14)15;8-7-3-1-6(5-9)2-4-7;1-10-7(9)6-3-2-5(4-8)11-6/h7-10H,1-6H3,(H,18,19);3-5H,1-2H3,(H,14,15);1-4H,5,9H2;2-3H,4H2,1H3. The van der Waals surface area contributed by atoms with Gasteiger partial charge >= 0.3 is 25.0 Å². The molecule has 0 amide bonds. The number of hydrogen-bond donors (Lipinski definition) is 3. The van der Waals surface area contributed by atoms with Gasteiger partial charge in [0.2, 0.25) is 5.76 Å². The quantitative estimate of drug-likeness (QED) is 0.0816. The maximum absolute atomic E-state index is 11.4. The summed E-state index contributed by atoms with van der Waals surface area (Å²) in [6.07, 6.45) is 1.57. The fourth-order valence-corrected chi connectivity index (χ4v) is 5.43. The topological polar surface area (TPSA) is 184 Å². The Morgan fingerprint density at radius 1 is 0.946 bits per heavy atom. The maximum Gasteiger partial charge on any atom is 0.494 e. The van der Waals surface area contributed by atoms with Crippen LogP contribution in [0.4, 0.5) is 0 Å². The van der Waals surface area contributed by atoms with E-state index in [1.165, 1.54) is 18.7 Å². The van der Waals surface area contributed by atoms with Gasteiger partial charge in [0.05, 0.1) is 40.7 Å². The Hall–Kier alpha value is -4.60. The van der Waals surface area contributed by atoms with E-state index in [0.29, 0.717) is 28.9 Å². The molecule has 1 saturated heterocycles. The number of aromatic carboxylic acids is 1. The van der Waals surface area contributed by atoms with E-state index >= 15 is 0 Å². The van der Waals surface area contributed by atoms with Gasteiger partial charge in [0.1, 0.15) is 11.3 Å². The first kappa shape index (κ1) is 45.8. The molecule has 2 aromatic carbocycles. The van der Waals surface area contributed by atoms with Crippen LogP contribution in [0, 0.1) is 13.8 Å². The second-order valence-corrected chi connectivity index (χ2v) is 15.4. The van der Waals surface area contributed by atoms with Crippen LogP contribution in [-0.4, -0.2) is 63.5 Å². The number of nitrogens with zero attached hydrogens (tertiary/aromatic N) is 2. The average Bonchev–Trinajstić information content (AvgIpc) is 3.73. The highest BCUT2D eigenvalue weighted by atomic mass is 79.9. The number of pyridine rings is 2. The predicted octanol–water partition coefficient (Wildman–Crippen LogP) is 8.01. The zero-order chi connectivity index (χ0) is 42.0. The molecule has 0 spiro atoms. The number of esters is 1. The zero-order valence-electron chi connectivity index (χ0n) is 33.0. The molecule has 298 valence electrons. The number of aliphatic carboxylic acids is 1. The van der Waals surface area contributed by atoms with Crippen molar-refractivity contribution >= 4 is 69.1 Å². The van der Waals surface area contributed by atoms with Crippen molar-refractivity contribution in [3.05, 3.63) is 123 Å². The number of carboxylic acids is 2. The number of fused-ring (bicyclic) bond motifs is 1. The summed E-state index contributed by atoms with van der Waals surface area (Å²) < 4.78 is 22.5. The van der Waals surface area contributed by atoms with Gasteiger partial charge < -0.3 is 34.4 Å². The molecular formula is C41H48BBrClN3O9. The predicted molar refractivity (Wildman–Crippen MR) is 220 cm³/mol. The third kappa shape index (κ3) is 11.5. The van der Waals surface area contributed by atoms with E-state index in [0.717, 1.165) is 21.2 Å². The minimum absolute atomic E-state index is 0.183. The number of ether oxygens (including phenoxy) is 1. The van der Waals surface area contributed by atoms with Crippen molar-refractivity contribution in [3.8, 4) is 0 Å². The van der Waals surface area contributed by atoms with Gasteiger partial charge in [-0.2, -0.15) is 0 Å². The van der Waals surface area contributed by atoms with Crippen LogP contribution in [0.3, 0.4) is 0 Å². The Morgan fingerprint density at radius 2 is 1.57 bits per heavy atom. The summed E-state index contributed by atoms with van der Waals surface area (Å²) in [5.41, 5.74) is 9.10. The Balaban J connectivity index is 0.000000211. The third-order valence-electron chi connectivity index (χ3n) is 9.44. The van der Waals surface area contributed by atoms with E-state index in [-0.39, 0.29) is 17.2 Å². The van der Waals surface area contributed by atoms with Crippen LogP contribution < -0.4 is 11.2 Å². The highest BCUT2D eigenvalue weighted by molar-refractivity contribution is 9.10. The number of carbonyl (C=O) groups is 3. The number of hydrogen-bond acceptors (Lipinski definition) is 10. The SMILES string of the molecule is CC(C)(C(=O)O)c1cccc(B2OC(C)(C)C(C)(C)O2)c1.COC(=O)c1ccc(CCl)o1.Cc1nc2cccnc2c(C(=O)O)c1C.NCc1ccc(Br)cc1. The number of benzene rings is 2. The second kappa shape index (κ2) is 19.5. The van der Waals surface area contributed by atoms with E-state index in [9.17, 15) is 19.5 Å². The van der Waals surface area contributed by atoms with Gasteiger partial charge in [-0.1, -0.05) is 52.3 Å². The first-order valence-corrected chi connectivity index (χ1v) is 18.8. The molecule has 4 N–H and O–H groups in total. The van der Waals surface area contributed by atoms with Crippen molar-refractivity contribution in [2.45, 2.75) is 84.4 Å². The summed E-state index contributed by atoms with van der Waals surface area (Å²) >= 11 is 8.78. The average molecular weight is 853 g/mol. The van der Waals surface area contributed by atoms with Crippen molar-refractivity contribution in [2.75, 3.05) is 7.11 Å².